The third kappa shape index (κ3) is 7.98. The van der Waals surface area contributed by atoms with Gasteiger partial charge in [0.25, 0.3) is 0 Å². The highest BCUT2D eigenvalue weighted by Crippen LogP contribution is 2.21. The number of unbranched alkanes of at least 4 members (excludes halogenated alkanes) is 5. The zero-order valence-corrected chi connectivity index (χ0v) is 17.1. The third-order valence-corrected chi connectivity index (χ3v) is 4.74. The number of hydrogen-bond donors (Lipinski definition) is 0. The fourth-order valence-corrected chi connectivity index (χ4v) is 2.67. The van der Waals surface area contributed by atoms with Gasteiger partial charge in [-0.3, -0.25) is 0 Å². The molecule has 0 radical (unpaired) electrons. The van der Waals surface area contributed by atoms with Crippen LogP contribution < -0.4 is 9.47 Å². The van der Waals surface area contributed by atoms with Crippen LogP contribution in [0, 0.1) is 5.92 Å². The van der Waals surface area contributed by atoms with E-state index in [1.807, 2.05) is 24.3 Å². The molecule has 0 N–H and O–H groups in total. The highest BCUT2D eigenvalue weighted by atomic mass is 16.5. The first-order valence-corrected chi connectivity index (χ1v) is 10.4. The van der Waals surface area contributed by atoms with Gasteiger partial charge in [0.05, 0.1) is 25.6 Å². The van der Waals surface area contributed by atoms with E-state index in [1.165, 1.54) is 32.1 Å². The van der Waals surface area contributed by atoms with Gasteiger partial charge in [-0.05, 0) is 36.6 Å². The van der Waals surface area contributed by atoms with Crippen molar-refractivity contribution in [1.82, 2.24) is 9.97 Å². The van der Waals surface area contributed by atoms with E-state index in [-0.39, 0.29) is 0 Å². The lowest BCUT2D eigenvalue weighted by Crippen LogP contribution is -2.07. The van der Waals surface area contributed by atoms with Crippen LogP contribution in [0.25, 0.3) is 11.4 Å². The molecule has 0 amide bonds. The van der Waals surface area contributed by atoms with Crippen molar-refractivity contribution in [2.75, 3.05) is 13.2 Å². The number of rotatable bonds is 13. The van der Waals surface area contributed by atoms with Crippen LogP contribution in [0.5, 0.6) is 11.5 Å². The predicted octanol–water partition coefficient (Wildman–Crippen LogP) is 6.31. The fourth-order valence-electron chi connectivity index (χ4n) is 2.67. The first-order valence-electron chi connectivity index (χ1n) is 10.4. The summed E-state index contributed by atoms with van der Waals surface area (Å²) in [5.41, 5.74) is 0.982. The second-order valence-corrected chi connectivity index (χ2v) is 7.21. The lowest BCUT2D eigenvalue weighted by molar-refractivity contribution is 0.255. The van der Waals surface area contributed by atoms with Crippen LogP contribution in [0.1, 0.15) is 65.7 Å². The molecule has 1 unspecified atom stereocenters. The molecule has 2 aromatic rings. The molecule has 1 aromatic heterocycles. The SMILES string of the molecule is CCCCCCCCOc1ccc(-c2ncc(OCC(C)CC)cn2)cc1. The van der Waals surface area contributed by atoms with E-state index in [4.69, 9.17) is 9.47 Å². The maximum absolute atomic E-state index is 5.83. The van der Waals surface area contributed by atoms with Crippen molar-refractivity contribution >= 4 is 0 Å². The summed E-state index contributed by atoms with van der Waals surface area (Å²) in [6.07, 6.45) is 12.2. The topological polar surface area (TPSA) is 44.2 Å². The van der Waals surface area contributed by atoms with Gasteiger partial charge < -0.3 is 9.47 Å². The summed E-state index contributed by atoms with van der Waals surface area (Å²) in [5, 5.41) is 0. The normalized spacial score (nSPS) is 12.0. The second kappa shape index (κ2) is 12.3. The summed E-state index contributed by atoms with van der Waals surface area (Å²) in [6, 6.07) is 7.99. The average Bonchev–Trinajstić information content (AvgIpc) is 2.72. The largest absolute Gasteiger partial charge is 0.494 e. The lowest BCUT2D eigenvalue weighted by Gasteiger charge is -2.10. The van der Waals surface area contributed by atoms with Crippen LogP contribution in [0.3, 0.4) is 0 Å². The molecule has 0 spiro atoms. The van der Waals surface area contributed by atoms with Crippen LogP contribution in [0.2, 0.25) is 0 Å². The maximum Gasteiger partial charge on any atom is 0.159 e. The third-order valence-electron chi connectivity index (χ3n) is 4.74. The molecule has 0 bridgehead atoms. The summed E-state index contributed by atoms with van der Waals surface area (Å²) >= 11 is 0. The molecule has 0 fully saturated rings. The molecule has 0 saturated carbocycles. The lowest BCUT2D eigenvalue weighted by atomic mass is 10.1. The van der Waals surface area contributed by atoms with E-state index < -0.39 is 0 Å². The smallest absolute Gasteiger partial charge is 0.159 e. The first-order chi connectivity index (χ1) is 13.2. The Balaban J connectivity index is 1.75. The standard InChI is InChI=1S/C23H34N2O2/c1-4-6-7-8-9-10-15-26-21-13-11-20(12-14-21)23-24-16-22(17-25-23)27-18-19(3)5-2/h11-14,16-17,19H,4-10,15,18H2,1-3H3. The predicted molar refractivity (Wildman–Crippen MR) is 111 cm³/mol. The Bertz CT molecular complexity index is 626. The van der Waals surface area contributed by atoms with E-state index in [2.05, 4.69) is 30.7 Å². The number of benzene rings is 1. The van der Waals surface area contributed by atoms with Crippen molar-refractivity contribution < 1.29 is 9.47 Å². The molecule has 4 heteroatoms. The molecule has 1 atom stereocenters. The van der Waals surface area contributed by atoms with Gasteiger partial charge in [-0.1, -0.05) is 59.3 Å². The van der Waals surface area contributed by atoms with Gasteiger partial charge in [-0.2, -0.15) is 0 Å². The van der Waals surface area contributed by atoms with Gasteiger partial charge in [0.1, 0.15) is 5.75 Å². The van der Waals surface area contributed by atoms with E-state index >= 15 is 0 Å². The summed E-state index contributed by atoms with van der Waals surface area (Å²) in [6.45, 7) is 8.06. The van der Waals surface area contributed by atoms with Gasteiger partial charge in [0.15, 0.2) is 11.6 Å². The molecule has 148 valence electrons. The Labute approximate surface area is 164 Å². The van der Waals surface area contributed by atoms with Crippen LogP contribution in [-0.4, -0.2) is 23.2 Å². The minimum absolute atomic E-state index is 0.536. The Hall–Kier alpha value is -2.10. The van der Waals surface area contributed by atoms with E-state index in [0.29, 0.717) is 18.3 Å². The Morgan fingerprint density at radius 1 is 0.815 bits per heavy atom. The van der Waals surface area contributed by atoms with E-state index in [0.717, 1.165) is 36.5 Å². The second-order valence-electron chi connectivity index (χ2n) is 7.21. The first kappa shape index (κ1) is 21.2. The molecule has 27 heavy (non-hydrogen) atoms. The molecule has 0 aliphatic carbocycles. The van der Waals surface area contributed by atoms with E-state index in [1.54, 1.807) is 12.4 Å². The van der Waals surface area contributed by atoms with Crippen molar-refractivity contribution in [1.29, 1.82) is 0 Å². The zero-order chi connectivity index (χ0) is 19.3. The van der Waals surface area contributed by atoms with Crippen molar-refractivity contribution in [3.63, 3.8) is 0 Å². The Morgan fingerprint density at radius 3 is 2.15 bits per heavy atom. The molecule has 0 aliphatic rings. The van der Waals surface area contributed by atoms with Gasteiger partial charge in [-0.15, -0.1) is 0 Å². The van der Waals surface area contributed by atoms with Crippen LogP contribution in [0.4, 0.5) is 0 Å². The van der Waals surface area contributed by atoms with Crippen molar-refractivity contribution in [3.05, 3.63) is 36.7 Å². The quantitative estimate of drug-likeness (QED) is 0.388. The summed E-state index contributed by atoms with van der Waals surface area (Å²) < 4.78 is 11.5. The minimum Gasteiger partial charge on any atom is -0.494 e. The average molecular weight is 371 g/mol. The molecule has 0 saturated heterocycles. The monoisotopic (exact) mass is 370 g/mol. The van der Waals surface area contributed by atoms with Crippen LogP contribution in [0.15, 0.2) is 36.7 Å². The number of hydrogen-bond acceptors (Lipinski definition) is 4. The number of nitrogens with zero attached hydrogens (tertiary/aromatic N) is 2. The summed E-state index contributed by atoms with van der Waals surface area (Å²) in [5.74, 6) is 2.86. The number of ether oxygens (including phenoxy) is 2. The molecule has 0 aliphatic heterocycles. The minimum atomic E-state index is 0.536. The van der Waals surface area contributed by atoms with Gasteiger partial charge in [0.2, 0.25) is 0 Å². The van der Waals surface area contributed by atoms with Gasteiger partial charge >= 0.3 is 0 Å². The Kier molecular flexibility index (Phi) is 9.67. The highest BCUT2D eigenvalue weighted by Gasteiger charge is 2.05. The summed E-state index contributed by atoms with van der Waals surface area (Å²) in [4.78, 5) is 8.83. The molecule has 4 nitrogen and oxygen atoms in total. The Morgan fingerprint density at radius 2 is 1.48 bits per heavy atom. The van der Waals surface area contributed by atoms with Gasteiger partial charge in [0, 0.05) is 5.56 Å². The van der Waals surface area contributed by atoms with Crippen LogP contribution >= 0.6 is 0 Å². The molecular weight excluding hydrogens is 336 g/mol. The fraction of sp³-hybridized carbons (Fsp3) is 0.565. The van der Waals surface area contributed by atoms with Gasteiger partial charge in [-0.25, -0.2) is 9.97 Å². The van der Waals surface area contributed by atoms with E-state index in [9.17, 15) is 0 Å². The summed E-state index contributed by atoms with van der Waals surface area (Å²) in [7, 11) is 0. The zero-order valence-electron chi connectivity index (χ0n) is 17.1. The molecule has 1 heterocycles. The number of aromatic nitrogens is 2. The van der Waals surface area contributed by atoms with Crippen molar-refractivity contribution in [2.24, 2.45) is 5.92 Å². The molecule has 2 rings (SSSR count). The molecule has 1 aromatic carbocycles. The maximum atomic E-state index is 5.83. The molecular formula is C23H34N2O2. The highest BCUT2D eigenvalue weighted by molar-refractivity contribution is 5.56. The van der Waals surface area contributed by atoms with Crippen molar-refractivity contribution in [3.8, 4) is 22.9 Å². The van der Waals surface area contributed by atoms with Crippen LogP contribution in [-0.2, 0) is 0 Å². The van der Waals surface area contributed by atoms with Crippen molar-refractivity contribution in [2.45, 2.75) is 65.7 Å².